The van der Waals surface area contributed by atoms with Crippen LogP contribution in [0, 0.1) is 0 Å². The summed E-state index contributed by atoms with van der Waals surface area (Å²) in [5, 5.41) is 3.97. The Balaban J connectivity index is 0.00000220. The summed E-state index contributed by atoms with van der Waals surface area (Å²) in [6.45, 7) is 2.03. The number of esters is 1. The molecule has 4 aromatic rings. The third kappa shape index (κ3) is 6.05. The van der Waals surface area contributed by atoms with Gasteiger partial charge in [0.15, 0.2) is 5.43 Å². The molecule has 0 aliphatic carbocycles. The number of ether oxygens (including phenoxy) is 1. The monoisotopic (exact) mass is 623 g/mol. The highest BCUT2D eigenvalue weighted by atomic mass is 35.5. The lowest BCUT2D eigenvalue weighted by atomic mass is 9.99. The molecule has 0 unspecified atom stereocenters. The van der Waals surface area contributed by atoms with Crippen LogP contribution in [-0.4, -0.2) is 56.5 Å². The first-order chi connectivity index (χ1) is 18.3. The number of halogens is 3. The van der Waals surface area contributed by atoms with Crippen LogP contribution in [0.5, 0.6) is 0 Å². The predicted molar refractivity (Wildman–Crippen MR) is 161 cm³/mol. The highest BCUT2D eigenvalue weighted by Crippen LogP contribution is 2.27. The molecule has 0 bridgehead atoms. The highest BCUT2D eigenvalue weighted by Gasteiger charge is 2.27. The molecule has 8 nitrogen and oxygen atoms in total. The number of carbonyl (C=O) groups is 1. The molecular weight excluding hydrogens is 597 g/mol. The van der Waals surface area contributed by atoms with Gasteiger partial charge in [0, 0.05) is 54.3 Å². The molecule has 0 radical (unpaired) electrons. The smallest absolute Gasteiger partial charge is 0.355 e. The van der Waals surface area contributed by atoms with E-state index in [0.717, 1.165) is 0 Å². The zero-order valence-electron chi connectivity index (χ0n) is 21.5. The average Bonchev–Trinajstić information content (AvgIpc) is 2.95. The topological polar surface area (TPSA) is 97.7 Å². The number of nitrogens with one attached hydrogen (secondary N) is 1. The molecule has 0 atom stereocenters. The Morgan fingerprint density at radius 3 is 2.25 bits per heavy atom. The maximum absolute atomic E-state index is 13.7. The fourth-order valence-corrected chi connectivity index (χ4v) is 6.35. The molecule has 1 N–H and O–H groups in total. The first-order valence-corrected chi connectivity index (χ1v) is 13.9. The van der Waals surface area contributed by atoms with Gasteiger partial charge < -0.3 is 14.6 Å². The van der Waals surface area contributed by atoms with Crippen LogP contribution in [0.1, 0.15) is 21.6 Å². The van der Waals surface area contributed by atoms with Gasteiger partial charge in [-0.3, -0.25) is 4.79 Å². The van der Waals surface area contributed by atoms with Crippen LogP contribution in [0.15, 0.2) is 82.5 Å². The van der Waals surface area contributed by atoms with Gasteiger partial charge in [-0.05, 0) is 48.0 Å². The van der Waals surface area contributed by atoms with E-state index in [1.165, 1.54) is 11.4 Å². The first-order valence-electron chi connectivity index (χ1n) is 12.1. The summed E-state index contributed by atoms with van der Waals surface area (Å²) in [5.74, 6) is -0.666. The van der Waals surface area contributed by atoms with E-state index in [2.05, 4.69) is 5.32 Å². The lowest BCUT2D eigenvalue weighted by Crippen LogP contribution is -2.46. The predicted octanol–water partition coefficient (Wildman–Crippen LogP) is 4.46. The van der Waals surface area contributed by atoms with E-state index in [0.29, 0.717) is 53.4 Å². The number of pyridine rings is 1. The molecule has 0 saturated carbocycles. The van der Waals surface area contributed by atoms with Crippen molar-refractivity contribution in [3.8, 4) is 5.69 Å². The number of sulfonamides is 1. The largest absolute Gasteiger partial charge is 0.464 e. The van der Waals surface area contributed by atoms with Crippen molar-refractivity contribution in [1.29, 1.82) is 0 Å². The van der Waals surface area contributed by atoms with Crippen molar-refractivity contribution in [3.63, 3.8) is 0 Å². The number of nitrogens with zero attached hydrogens (tertiary/aromatic N) is 2. The molecule has 1 saturated heterocycles. The molecule has 1 aromatic heterocycles. The molecule has 1 aliphatic heterocycles. The van der Waals surface area contributed by atoms with E-state index in [9.17, 15) is 18.0 Å². The van der Waals surface area contributed by atoms with Gasteiger partial charge in [-0.15, -0.1) is 24.8 Å². The molecule has 40 heavy (non-hydrogen) atoms. The fourth-order valence-electron chi connectivity index (χ4n) is 4.74. The lowest BCUT2D eigenvalue weighted by Gasteiger charge is -2.26. The number of aromatic nitrogens is 1. The minimum absolute atomic E-state index is 0. The second-order valence-electron chi connectivity index (χ2n) is 8.96. The number of fused-ring (bicyclic) bond motifs is 1. The van der Waals surface area contributed by atoms with Crippen LogP contribution in [-0.2, 0) is 21.2 Å². The fraction of sp³-hybridized carbons (Fsp3) is 0.214. The van der Waals surface area contributed by atoms with Crippen LogP contribution in [0.2, 0.25) is 5.02 Å². The molecule has 2 heterocycles. The summed E-state index contributed by atoms with van der Waals surface area (Å²) in [6, 6.07) is 20.6. The summed E-state index contributed by atoms with van der Waals surface area (Å²) in [7, 11) is -2.35. The van der Waals surface area contributed by atoms with Gasteiger partial charge in [0.05, 0.1) is 17.5 Å². The summed E-state index contributed by atoms with van der Waals surface area (Å²) < 4.78 is 34.4. The Hall–Kier alpha value is -2.92. The lowest BCUT2D eigenvalue weighted by molar-refractivity contribution is 0.0590. The van der Waals surface area contributed by atoms with E-state index in [1.807, 2.05) is 30.3 Å². The van der Waals surface area contributed by atoms with Crippen molar-refractivity contribution in [2.75, 3.05) is 33.3 Å². The summed E-state index contributed by atoms with van der Waals surface area (Å²) in [6.07, 6.45) is 0.0998. The zero-order valence-corrected chi connectivity index (χ0v) is 24.7. The van der Waals surface area contributed by atoms with Crippen LogP contribution < -0.4 is 10.7 Å². The van der Waals surface area contributed by atoms with Crippen LogP contribution in [0.25, 0.3) is 16.6 Å². The van der Waals surface area contributed by atoms with Crippen LogP contribution >= 0.6 is 36.4 Å². The molecule has 1 fully saturated rings. The molecule has 3 aromatic carbocycles. The van der Waals surface area contributed by atoms with E-state index in [-0.39, 0.29) is 52.8 Å². The molecule has 0 spiro atoms. The van der Waals surface area contributed by atoms with E-state index < -0.39 is 16.0 Å². The van der Waals surface area contributed by atoms with E-state index in [1.54, 1.807) is 47.0 Å². The second-order valence-corrected chi connectivity index (χ2v) is 11.3. The van der Waals surface area contributed by atoms with E-state index in [4.69, 9.17) is 16.3 Å². The quantitative estimate of drug-likeness (QED) is 0.318. The third-order valence-corrected chi connectivity index (χ3v) is 8.79. The standard InChI is InChI=1S/C28H26ClN3O5S.2ClH/c1-37-28(34)26-24(17-19-7-10-22(11-8-19)38(35,36)31-15-13-30-14-16-31)27(33)23-12-9-20(29)18-25(23)32(26)21-5-3-2-4-6-21;;/h2-12,18,30H,13-17H2,1H3;2*1H. The van der Waals surface area contributed by atoms with Gasteiger partial charge in [-0.25, -0.2) is 13.2 Å². The van der Waals surface area contributed by atoms with E-state index >= 15 is 0 Å². The summed E-state index contributed by atoms with van der Waals surface area (Å²) >= 11 is 6.29. The van der Waals surface area contributed by atoms with Gasteiger partial charge in [0.1, 0.15) is 5.69 Å². The molecule has 0 amide bonds. The maximum atomic E-state index is 13.7. The van der Waals surface area contributed by atoms with Gasteiger partial charge in [-0.2, -0.15) is 4.31 Å². The number of rotatable bonds is 6. The maximum Gasteiger partial charge on any atom is 0.355 e. The van der Waals surface area contributed by atoms with Gasteiger partial charge >= 0.3 is 5.97 Å². The molecule has 1 aliphatic rings. The van der Waals surface area contributed by atoms with Crippen molar-refractivity contribution < 1.29 is 17.9 Å². The van der Waals surface area contributed by atoms with Crippen molar-refractivity contribution >= 4 is 63.3 Å². The van der Waals surface area contributed by atoms with Crippen molar-refractivity contribution in [2.45, 2.75) is 11.3 Å². The van der Waals surface area contributed by atoms with Crippen molar-refractivity contribution in [2.24, 2.45) is 0 Å². The van der Waals surface area contributed by atoms with Crippen LogP contribution in [0.4, 0.5) is 0 Å². The Morgan fingerprint density at radius 1 is 0.975 bits per heavy atom. The number of methoxy groups -OCH3 is 1. The highest BCUT2D eigenvalue weighted by molar-refractivity contribution is 7.89. The SMILES string of the molecule is COC(=O)c1c(Cc2ccc(S(=O)(=O)N3CCNCC3)cc2)c(=O)c2ccc(Cl)cc2n1-c1ccccc1.Cl.Cl. The zero-order chi connectivity index (χ0) is 26.9. The number of hydrogen-bond donors (Lipinski definition) is 1. The second kappa shape index (κ2) is 13.2. The number of para-hydroxylation sites is 1. The van der Waals surface area contributed by atoms with Crippen molar-refractivity contribution in [1.82, 2.24) is 14.2 Å². The molecule has 212 valence electrons. The number of hydrogen-bond acceptors (Lipinski definition) is 6. The Bertz CT molecular complexity index is 1670. The molecule has 5 rings (SSSR count). The normalized spacial score (nSPS) is 13.8. The number of piperazine rings is 1. The Labute approximate surface area is 249 Å². The Morgan fingerprint density at radius 2 is 1.62 bits per heavy atom. The minimum Gasteiger partial charge on any atom is -0.464 e. The van der Waals surface area contributed by atoms with Gasteiger partial charge in [0.2, 0.25) is 10.0 Å². The minimum atomic E-state index is -3.62. The van der Waals surface area contributed by atoms with Gasteiger partial charge in [0.25, 0.3) is 0 Å². The summed E-state index contributed by atoms with van der Waals surface area (Å²) in [4.78, 5) is 27.1. The Kier molecular flexibility index (Phi) is 10.4. The summed E-state index contributed by atoms with van der Waals surface area (Å²) in [5.41, 5.74) is 1.85. The first kappa shape index (κ1) is 31.6. The molecule has 12 heteroatoms. The van der Waals surface area contributed by atoms with Crippen molar-refractivity contribution in [3.05, 3.63) is 105 Å². The van der Waals surface area contributed by atoms with Crippen LogP contribution in [0.3, 0.4) is 0 Å². The van der Waals surface area contributed by atoms with Gasteiger partial charge in [-0.1, -0.05) is 41.9 Å². The number of benzene rings is 3. The average molecular weight is 625 g/mol. The number of carbonyl (C=O) groups excluding carboxylic acids is 1. The molecular formula is C28H28Cl3N3O5S. The third-order valence-electron chi connectivity index (χ3n) is 6.64.